The number of rotatable bonds is 5. The van der Waals surface area contributed by atoms with Crippen LogP contribution in [0.25, 0.3) is 0 Å². The fourth-order valence-corrected chi connectivity index (χ4v) is 3.25. The second-order valence-electron chi connectivity index (χ2n) is 4.86. The van der Waals surface area contributed by atoms with E-state index in [2.05, 4.69) is 0 Å². The van der Waals surface area contributed by atoms with E-state index in [1.165, 1.54) is 18.2 Å². The lowest BCUT2D eigenvalue weighted by molar-refractivity contribution is 0.427. The van der Waals surface area contributed by atoms with Crippen LogP contribution >= 0.6 is 0 Å². The second kappa shape index (κ2) is 6.18. The Morgan fingerprint density at radius 2 is 1.86 bits per heavy atom. The summed E-state index contributed by atoms with van der Waals surface area (Å²) in [5.74, 6) is -0.226. The Morgan fingerprint density at radius 3 is 2.48 bits per heavy atom. The van der Waals surface area contributed by atoms with Gasteiger partial charge in [-0.1, -0.05) is 37.6 Å². The number of phenolic OH excluding ortho intramolecular Hbond substituents is 1. The Balaban J connectivity index is 2.31. The highest BCUT2D eigenvalue weighted by molar-refractivity contribution is 7.87. The van der Waals surface area contributed by atoms with E-state index in [0.29, 0.717) is 5.56 Å². The molecule has 0 aliphatic rings. The molecule has 0 aromatic heterocycles. The first-order valence-corrected chi connectivity index (χ1v) is 8.17. The molecule has 0 atom stereocenters. The van der Waals surface area contributed by atoms with E-state index in [0.717, 1.165) is 18.4 Å². The molecule has 0 bridgehead atoms. The van der Waals surface area contributed by atoms with Crippen molar-refractivity contribution in [3.63, 3.8) is 0 Å². The minimum atomic E-state index is -3.95. The molecule has 0 aliphatic heterocycles. The minimum absolute atomic E-state index is 0.0573. The Kier molecular flexibility index (Phi) is 4.53. The van der Waals surface area contributed by atoms with E-state index in [9.17, 15) is 13.5 Å². The Bertz CT molecular complexity index is 736. The molecule has 112 valence electrons. The third-order valence-electron chi connectivity index (χ3n) is 3.12. The predicted octanol–water partition coefficient (Wildman–Crippen LogP) is 3.42. The van der Waals surface area contributed by atoms with Gasteiger partial charge in [0, 0.05) is 0 Å². The smallest absolute Gasteiger partial charge is 0.339 e. The molecule has 0 aliphatic carbocycles. The zero-order chi connectivity index (χ0) is 15.5. The number of benzene rings is 2. The van der Waals surface area contributed by atoms with Crippen molar-refractivity contribution in [1.82, 2.24) is 0 Å². The quantitative estimate of drug-likeness (QED) is 0.860. The molecule has 2 aromatic carbocycles. The van der Waals surface area contributed by atoms with Crippen LogP contribution in [0.1, 0.15) is 24.5 Å². The van der Waals surface area contributed by atoms with Crippen LogP contribution in [0.4, 0.5) is 0 Å². The highest BCUT2D eigenvalue weighted by Crippen LogP contribution is 2.30. The predicted molar refractivity (Wildman–Crippen MR) is 81.1 cm³/mol. The third kappa shape index (κ3) is 3.55. The SMILES string of the molecule is CCCc1ccc(OS(=O)(=O)c2ccccc2C)c(O)c1. The molecule has 0 heterocycles. The fourth-order valence-electron chi connectivity index (χ4n) is 2.08. The summed E-state index contributed by atoms with van der Waals surface area (Å²) in [5, 5.41) is 9.91. The summed E-state index contributed by atoms with van der Waals surface area (Å²) in [6.45, 7) is 3.73. The maximum Gasteiger partial charge on any atom is 0.339 e. The fraction of sp³-hybridized carbons (Fsp3) is 0.250. The number of aryl methyl sites for hydroxylation is 2. The molecule has 0 amide bonds. The van der Waals surface area contributed by atoms with Crippen molar-refractivity contribution in [2.45, 2.75) is 31.6 Å². The van der Waals surface area contributed by atoms with Crippen LogP contribution in [0.3, 0.4) is 0 Å². The van der Waals surface area contributed by atoms with E-state index >= 15 is 0 Å². The minimum Gasteiger partial charge on any atom is -0.504 e. The van der Waals surface area contributed by atoms with Gasteiger partial charge in [0.15, 0.2) is 11.5 Å². The maximum atomic E-state index is 12.3. The van der Waals surface area contributed by atoms with Crippen molar-refractivity contribution in [1.29, 1.82) is 0 Å². The molecule has 0 saturated carbocycles. The molecular formula is C16H18O4S. The average molecular weight is 306 g/mol. The number of phenols is 1. The van der Waals surface area contributed by atoms with Gasteiger partial charge >= 0.3 is 10.1 Å². The monoisotopic (exact) mass is 306 g/mol. The molecule has 21 heavy (non-hydrogen) atoms. The van der Waals surface area contributed by atoms with Gasteiger partial charge in [-0.25, -0.2) is 0 Å². The van der Waals surface area contributed by atoms with Gasteiger partial charge in [0.2, 0.25) is 0 Å². The first-order chi connectivity index (χ1) is 9.94. The standard InChI is InChI=1S/C16H18O4S/c1-3-6-13-9-10-15(14(17)11-13)20-21(18,19)16-8-5-4-7-12(16)2/h4-5,7-11,17H,3,6H2,1-2H3. The number of aromatic hydroxyl groups is 1. The highest BCUT2D eigenvalue weighted by Gasteiger charge is 2.20. The zero-order valence-corrected chi connectivity index (χ0v) is 12.9. The molecular weight excluding hydrogens is 288 g/mol. The van der Waals surface area contributed by atoms with Crippen LogP contribution < -0.4 is 4.18 Å². The molecule has 5 heteroatoms. The molecule has 2 rings (SSSR count). The summed E-state index contributed by atoms with van der Waals surface area (Å²) < 4.78 is 29.6. The molecule has 0 unspecified atom stereocenters. The van der Waals surface area contributed by atoms with Crippen LogP contribution in [0, 0.1) is 6.92 Å². The molecule has 0 saturated heterocycles. The van der Waals surface area contributed by atoms with Crippen LogP contribution in [0.5, 0.6) is 11.5 Å². The third-order valence-corrected chi connectivity index (χ3v) is 4.52. The number of hydrogen-bond donors (Lipinski definition) is 1. The Labute approximate surface area is 125 Å². The summed E-state index contributed by atoms with van der Waals surface area (Å²) in [6, 6.07) is 11.3. The summed E-state index contributed by atoms with van der Waals surface area (Å²) in [6.07, 6.45) is 1.76. The Hall–Kier alpha value is -2.01. The van der Waals surface area contributed by atoms with Gasteiger partial charge in [-0.2, -0.15) is 8.42 Å². The lowest BCUT2D eigenvalue weighted by Crippen LogP contribution is -2.11. The first kappa shape index (κ1) is 15.4. The van der Waals surface area contributed by atoms with Crippen molar-refractivity contribution in [3.8, 4) is 11.5 Å². The van der Waals surface area contributed by atoms with E-state index in [4.69, 9.17) is 4.18 Å². The molecule has 2 aromatic rings. The summed E-state index contributed by atoms with van der Waals surface area (Å²) >= 11 is 0. The maximum absolute atomic E-state index is 12.3. The summed E-state index contributed by atoms with van der Waals surface area (Å²) in [7, 11) is -3.95. The van der Waals surface area contributed by atoms with Crippen molar-refractivity contribution in [2.75, 3.05) is 0 Å². The van der Waals surface area contributed by atoms with Gasteiger partial charge in [-0.3, -0.25) is 0 Å². The van der Waals surface area contributed by atoms with Crippen molar-refractivity contribution in [2.24, 2.45) is 0 Å². The largest absolute Gasteiger partial charge is 0.504 e. The van der Waals surface area contributed by atoms with Crippen LogP contribution in [0.15, 0.2) is 47.4 Å². The molecule has 0 radical (unpaired) electrons. The molecule has 0 spiro atoms. The second-order valence-corrected chi connectivity index (χ2v) is 6.37. The van der Waals surface area contributed by atoms with E-state index < -0.39 is 10.1 Å². The zero-order valence-electron chi connectivity index (χ0n) is 12.0. The van der Waals surface area contributed by atoms with Gasteiger partial charge in [0.25, 0.3) is 0 Å². The van der Waals surface area contributed by atoms with E-state index in [1.54, 1.807) is 31.2 Å². The molecule has 4 nitrogen and oxygen atoms in total. The topological polar surface area (TPSA) is 63.6 Å². The molecule has 1 N–H and O–H groups in total. The average Bonchev–Trinajstić information content (AvgIpc) is 2.42. The lowest BCUT2D eigenvalue weighted by atomic mass is 10.1. The van der Waals surface area contributed by atoms with E-state index in [-0.39, 0.29) is 16.4 Å². The Morgan fingerprint density at radius 1 is 1.14 bits per heavy atom. The van der Waals surface area contributed by atoms with Gasteiger partial charge in [0.1, 0.15) is 4.90 Å². The summed E-state index contributed by atoms with van der Waals surface area (Å²) in [5.41, 5.74) is 1.54. The highest BCUT2D eigenvalue weighted by atomic mass is 32.2. The van der Waals surface area contributed by atoms with Crippen molar-refractivity contribution < 1.29 is 17.7 Å². The first-order valence-electron chi connectivity index (χ1n) is 6.76. The van der Waals surface area contributed by atoms with E-state index in [1.807, 2.05) is 6.92 Å². The van der Waals surface area contributed by atoms with Gasteiger partial charge < -0.3 is 9.29 Å². The van der Waals surface area contributed by atoms with Crippen LogP contribution in [0.2, 0.25) is 0 Å². The van der Waals surface area contributed by atoms with Gasteiger partial charge in [-0.05, 0) is 42.7 Å². The van der Waals surface area contributed by atoms with Gasteiger partial charge in [-0.15, -0.1) is 0 Å². The molecule has 0 fully saturated rings. The van der Waals surface area contributed by atoms with Crippen LogP contribution in [-0.2, 0) is 16.5 Å². The normalized spacial score (nSPS) is 11.3. The van der Waals surface area contributed by atoms with Crippen molar-refractivity contribution >= 4 is 10.1 Å². The van der Waals surface area contributed by atoms with Crippen LogP contribution in [-0.4, -0.2) is 13.5 Å². The number of hydrogen-bond acceptors (Lipinski definition) is 4. The lowest BCUT2D eigenvalue weighted by Gasteiger charge is -2.11. The van der Waals surface area contributed by atoms with Gasteiger partial charge in [0.05, 0.1) is 0 Å². The van der Waals surface area contributed by atoms with Crippen molar-refractivity contribution in [3.05, 3.63) is 53.6 Å². The summed E-state index contributed by atoms with van der Waals surface area (Å²) in [4.78, 5) is 0.0991.